The maximum Gasteiger partial charge on any atom is 0.270 e. The standard InChI is InChI=1S/C16H14FN3O5/c1-9(21)18-10-3-5-13(17)14(7-10)19-16(22)12-8-11(20(23)24)4-6-15(12)25-2/h3-8H,1-2H3,(H,18,21)(H,19,22). The van der Waals surface area contributed by atoms with Crippen molar-refractivity contribution in [2.24, 2.45) is 0 Å². The van der Waals surface area contributed by atoms with Crippen molar-refractivity contribution in [3.05, 3.63) is 57.9 Å². The molecule has 8 nitrogen and oxygen atoms in total. The number of amides is 2. The Morgan fingerprint density at radius 3 is 2.48 bits per heavy atom. The molecule has 0 atom stereocenters. The first-order valence-electron chi connectivity index (χ1n) is 7.02. The highest BCUT2D eigenvalue weighted by molar-refractivity contribution is 6.07. The van der Waals surface area contributed by atoms with Gasteiger partial charge in [0, 0.05) is 24.7 Å². The van der Waals surface area contributed by atoms with Gasteiger partial charge in [-0.15, -0.1) is 0 Å². The van der Waals surface area contributed by atoms with Crippen LogP contribution < -0.4 is 15.4 Å². The summed E-state index contributed by atoms with van der Waals surface area (Å²) >= 11 is 0. The number of ether oxygens (including phenoxy) is 1. The molecule has 2 aromatic rings. The van der Waals surface area contributed by atoms with Gasteiger partial charge in [0.2, 0.25) is 5.91 Å². The molecule has 0 saturated heterocycles. The van der Waals surface area contributed by atoms with E-state index in [4.69, 9.17) is 4.74 Å². The average molecular weight is 347 g/mol. The number of nitro benzene ring substituents is 1. The van der Waals surface area contributed by atoms with Crippen LogP contribution in [0.25, 0.3) is 0 Å². The molecule has 2 N–H and O–H groups in total. The van der Waals surface area contributed by atoms with Crippen LogP contribution in [0.2, 0.25) is 0 Å². The lowest BCUT2D eigenvalue weighted by Gasteiger charge is -2.11. The largest absolute Gasteiger partial charge is 0.496 e. The number of non-ortho nitro benzene ring substituents is 1. The molecule has 0 saturated carbocycles. The molecule has 0 spiro atoms. The van der Waals surface area contributed by atoms with Gasteiger partial charge in [-0.25, -0.2) is 4.39 Å². The highest BCUT2D eigenvalue weighted by Crippen LogP contribution is 2.26. The molecule has 0 fully saturated rings. The zero-order chi connectivity index (χ0) is 18.6. The summed E-state index contributed by atoms with van der Waals surface area (Å²) in [5.74, 6) is -1.78. The topological polar surface area (TPSA) is 111 Å². The molecular weight excluding hydrogens is 333 g/mol. The summed E-state index contributed by atoms with van der Waals surface area (Å²) in [5, 5.41) is 15.6. The second kappa shape index (κ2) is 7.39. The minimum atomic E-state index is -0.792. The second-order valence-electron chi connectivity index (χ2n) is 4.97. The van der Waals surface area contributed by atoms with Crippen molar-refractivity contribution in [2.75, 3.05) is 17.7 Å². The molecule has 0 unspecified atom stereocenters. The molecule has 0 bridgehead atoms. The normalized spacial score (nSPS) is 10.0. The van der Waals surface area contributed by atoms with E-state index in [1.165, 1.54) is 38.3 Å². The maximum absolute atomic E-state index is 13.9. The van der Waals surface area contributed by atoms with Crippen LogP contribution in [0.15, 0.2) is 36.4 Å². The van der Waals surface area contributed by atoms with E-state index in [0.29, 0.717) is 0 Å². The van der Waals surface area contributed by atoms with Crippen LogP contribution in [-0.2, 0) is 4.79 Å². The lowest BCUT2D eigenvalue weighted by Crippen LogP contribution is -2.15. The van der Waals surface area contributed by atoms with Crippen molar-refractivity contribution in [3.8, 4) is 5.75 Å². The molecule has 0 aliphatic rings. The van der Waals surface area contributed by atoms with E-state index in [1.807, 2.05) is 0 Å². The van der Waals surface area contributed by atoms with Crippen LogP contribution in [0.4, 0.5) is 21.5 Å². The van der Waals surface area contributed by atoms with Crippen LogP contribution in [-0.4, -0.2) is 23.8 Å². The number of anilines is 2. The number of carbonyl (C=O) groups is 2. The van der Waals surface area contributed by atoms with Crippen molar-refractivity contribution >= 4 is 28.9 Å². The Labute approximate surface area is 141 Å². The Balaban J connectivity index is 2.35. The van der Waals surface area contributed by atoms with Gasteiger partial charge < -0.3 is 15.4 Å². The minimum absolute atomic E-state index is 0.0986. The zero-order valence-corrected chi connectivity index (χ0v) is 13.3. The summed E-state index contributed by atoms with van der Waals surface area (Å²) in [6.07, 6.45) is 0. The van der Waals surface area contributed by atoms with Gasteiger partial charge in [-0.2, -0.15) is 0 Å². The first-order chi connectivity index (χ1) is 11.8. The smallest absolute Gasteiger partial charge is 0.270 e. The van der Waals surface area contributed by atoms with Crippen molar-refractivity contribution in [2.45, 2.75) is 6.92 Å². The molecule has 2 aromatic carbocycles. The number of methoxy groups -OCH3 is 1. The number of nitrogens with zero attached hydrogens (tertiary/aromatic N) is 1. The fourth-order valence-electron chi connectivity index (χ4n) is 2.08. The molecule has 9 heteroatoms. The van der Waals surface area contributed by atoms with E-state index in [0.717, 1.165) is 12.1 Å². The summed E-state index contributed by atoms with van der Waals surface area (Å²) in [7, 11) is 1.30. The van der Waals surface area contributed by atoms with Gasteiger partial charge in [0.1, 0.15) is 11.6 Å². The number of hydrogen-bond donors (Lipinski definition) is 2. The summed E-state index contributed by atoms with van der Waals surface area (Å²) in [6.45, 7) is 1.29. The molecule has 0 radical (unpaired) electrons. The highest BCUT2D eigenvalue weighted by Gasteiger charge is 2.19. The van der Waals surface area contributed by atoms with Gasteiger partial charge in [-0.05, 0) is 24.3 Å². The summed E-state index contributed by atoms with van der Waals surface area (Å²) < 4.78 is 18.9. The number of nitro groups is 1. The van der Waals surface area contributed by atoms with Crippen LogP contribution >= 0.6 is 0 Å². The van der Waals surface area contributed by atoms with Gasteiger partial charge in [-0.3, -0.25) is 19.7 Å². The average Bonchev–Trinajstić information content (AvgIpc) is 2.56. The molecular formula is C16H14FN3O5. The fourth-order valence-corrected chi connectivity index (χ4v) is 2.08. The fraction of sp³-hybridized carbons (Fsp3) is 0.125. The second-order valence-corrected chi connectivity index (χ2v) is 4.97. The first kappa shape index (κ1) is 17.9. The lowest BCUT2D eigenvalue weighted by molar-refractivity contribution is -0.384. The molecule has 130 valence electrons. The van der Waals surface area contributed by atoms with Gasteiger partial charge in [-0.1, -0.05) is 0 Å². The van der Waals surface area contributed by atoms with Gasteiger partial charge >= 0.3 is 0 Å². The Morgan fingerprint density at radius 2 is 1.88 bits per heavy atom. The van der Waals surface area contributed by atoms with Crippen LogP contribution in [0, 0.1) is 15.9 Å². The van der Waals surface area contributed by atoms with Crippen molar-refractivity contribution in [1.29, 1.82) is 0 Å². The Hall–Kier alpha value is -3.49. The summed E-state index contributed by atoms with van der Waals surface area (Å²) in [6, 6.07) is 7.14. The maximum atomic E-state index is 13.9. The third-order valence-corrected chi connectivity index (χ3v) is 3.17. The van der Waals surface area contributed by atoms with E-state index >= 15 is 0 Å². The Kier molecular flexibility index (Phi) is 5.28. The van der Waals surface area contributed by atoms with E-state index in [-0.39, 0.29) is 34.3 Å². The van der Waals surface area contributed by atoms with E-state index in [9.17, 15) is 24.1 Å². The predicted octanol–water partition coefficient (Wildman–Crippen LogP) is 2.95. The van der Waals surface area contributed by atoms with E-state index in [2.05, 4.69) is 10.6 Å². The molecule has 25 heavy (non-hydrogen) atoms. The van der Waals surface area contributed by atoms with E-state index in [1.54, 1.807) is 0 Å². The minimum Gasteiger partial charge on any atom is -0.496 e. The number of benzene rings is 2. The number of carbonyl (C=O) groups excluding carboxylic acids is 2. The number of nitrogens with one attached hydrogen (secondary N) is 2. The lowest BCUT2D eigenvalue weighted by atomic mass is 10.1. The highest BCUT2D eigenvalue weighted by atomic mass is 19.1. The van der Waals surface area contributed by atoms with Crippen LogP contribution in [0.5, 0.6) is 5.75 Å². The van der Waals surface area contributed by atoms with Crippen LogP contribution in [0.1, 0.15) is 17.3 Å². The number of rotatable bonds is 5. The molecule has 2 rings (SSSR count). The van der Waals surface area contributed by atoms with Gasteiger partial charge in [0.15, 0.2) is 0 Å². The third kappa shape index (κ3) is 4.28. The third-order valence-electron chi connectivity index (χ3n) is 3.17. The summed E-state index contributed by atoms with van der Waals surface area (Å²) in [4.78, 5) is 33.7. The van der Waals surface area contributed by atoms with Crippen molar-refractivity contribution in [3.63, 3.8) is 0 Å². The molecule has 0 aliphatic heterocycles. The van der Waals surface area contributed by atoms with E-state index < -0.39 is 16.6 Å². The predicted molar refractivity (Wildman–Crippen MR) is 88.3 cm³/mol. The quantitative estimate of drug-likeness (QED) is 0.638. The molecule has 2 amide bonds. The Morgan fingerprint density at radius 1 is 1.16 bits per heavy atom. The van der Waals surface area contributed by atoms with Gasteiger partial charge in [0.05, 0.1) is 23.3 Å². The van der Waals surface area contributed by atoms with Gasteiger partial charge in [0.25, 0.3) is 11.6 Å². The first-order valence-corrected chi connectivity index (χ1v) is 7.02. The van der Waals surface area contributed by atoms with Crippen molar-refractivity contribution in [1.82, 2.24) is 0 Å². The number of halogens is 1. The van der Waals surface area contributed by atoms with Crippen LogP contribution in [0.3, 0.4) is 0 Å². The molecule has 0 aromatic heterocycles. The zero-order valence-electron chi connectivity index (χ0n) is 13.3. The summed E-state index contributed by atoms with van der Waals surface area (Å²) in [5.41, 5.74) is -0.334. The monoisotopic (exact) mass is 347 g/mol. The molecule has 0 heterocycles. The molecule has 0 aliphatic carbocycles. The Bertz CT molecular complexity index is 854. The SMILES string of the molecule is COc1ccc([N+](=O)[O-])cc1C(=O)Nc1cc(NC(C)=O)ccc1F. The van der Waals surface area contributed by atoms with Crippen molar-refractivity contribution < 1.29 is 23.6 Å². The number of hydrogen-bond acceptors (Lipinski definition) is 5.